The maximum atomic E-state index is 11.9. The van der Waals surface area contributed by atoms with Crippen LogP contribution in [0.5, 0.6) is 0 Å². The van der Waals surface area contributed by atoms with Gasteiger partial charge in [-0.2, -0.15) is 0 Å². The third kappa shape index (κ3) is 3.59. The Labute approximate surface area is 122 Å². The van der Waals surface area contributed by atoms with Crippen molar-refractivity contribution in [3.63, 3.8) is 0 Å². The van der Waals surface area contributed by atoms with E-state index in [4.69, 9.17) is 5.73 Å². The molecule has 0 aromatic carbocycles. The first kappa shape index (κ1) is 14.6. The number of thiazole rings is 2. The molecule has 1 amide bonds. The third-order valence-corrected chi connectivity index (χ3v) is 3.77. The Morgan fingerprint density at radius 2 is 2.30 bits per heavy atom. The predicted molar refractivity (Wildman–Crippen MR) is 75.9 cm³/mol. The van der Waals surface area contributed by atoms with Crippen molar-refractivity contribution < 1.29 is 14.3 Å². The summed E-state index contributed by atoms with van der Waals surface area (Å²) in [5.41, 5.74) is 8.39. The van der Waals surface area contributed by atoms with Crippen molar-refractivity contribution >= 4 is 39.7 Å². The van der Waals surface area contributed by atoms with Gasteiger partial charge in [-0.1, -0.05) is 0 Å². The average molecular weight is 312 g/mol. The summed E-state index contributed by atoms with van der Waals surface area (Å²) in [6, 6.07) is -0.720. The molecule has 0 aliphatic carbocycles. The molecule has 0 fully saturated rings. The first-order chi connectivity index (χ1) is 9.60. The molecule has 2 rings (SSSR count). The van der Waals surface area contributed by atoms with E-state index in [-0.39, 0.29) is 11.6 Å². The summed E-state index contributed by atoms with van der Waals surface area (Å²) >= 11 is 2.58. The molecular weight excluding hydrogens is 300 g/mol. The van der Waals surface area contributed by atoms with Gasteiger partial charge in [0.15, 0.2) is 10.8 Å². The number of nitrogens with two attached hydrogens (primary N) is 1. The normalized spacial score (nSPS) is 11.9. The van der Waals surface area contributed by atoms with Gasteiger partial charge in [0, 0.05) is 17.2 Å². The number of ether oxygens (including phenoxy) is 1. The number of rotatable bonds is 5. The van der Waals surface area contributed by atoms with Crippen molar-refractivity contribution in [1.82, 2.24) is 9.97 Å². The molecule has 0 bridgehead atoms. The Morgan fingerprint density at radius 3 is 2.95 bits per heavy atom. The third-order valence-electron chi connectivity index (χ3n) is 2.38. The highest BCUT2D eigenvalue weighted by Gasteiger charge is 2.18. The van der Waals surface area contributed by atoms with Gasteiger partial charge in [-0.05, 0) is 0 Å². The fourth-order valence-electron chi connectivity index (χ4n) is 1.38. The molecule has 0 saturated heterocycles. The van der Waals surface area contributed by atoms with Crippen LogP contribution in [0.15, 0.2) is 16.3 Å². The Hall–Kier alpha value is -1.84. The summed E-state index contributed by atoms with van der Waals surface area (Å²) in [5.74, 6) is -0.919. The van der Waals surface area contributed by atoms with Crippen molar-refractivity contribution in [2.24, 2.45) is 5.73 Å². The van der Waals surface area contributed by atoms with Gasteiger partial charge in [0.25, 0.3) is 0 Å². The van der Waals surface area contributed by atoms with Crippen LogP contribution in [0.25, 0.3) is 0 Å². The first-order valence-electron chi connectivity index (χ1n) is 5.57. The van der Waals surface area contributed by atoms with Crippen LogP contribution in [0.4, 0.5) is 5.13 Å². The van der Waals surface area contributed by atoms with Crippen molar-refractivity contribution in [2.75, 3.05) is 12.4 Å². The summed E-state index contributed by atoms with van der Waals surface area (Å²) in [7, 11) is 1.27. The zero-order valence-electron chi connectivity index (χ0n) is 10.5. The van der Waals surface area contributed by atoms with E-state index in [1.54, 1.807) is 5.51 Å². The number of hydrogen-bond donors (Lipinski definition) is 2. The lowest BCUT2D eigenvalue weighted by Gasteiger charge is -2.08. The van der Waals surface area contributed by atoms with Crippen LogP contribution in [0.1, 0.15) is 16.2 Å². The number of amides is 1. The lowest BCUT2D eigenvalue weighted by molar-refractivity contribution is -0.117. The molecule has 7 nitrogen and oxygen atoms in total. The van der Waals surface area contributed by atoms with E-state index < -0.39 is 12.0 Å². The monoisotopic (exact) mass is 312 g/mol. The van der Waals surface area contributed by atoms with Crippen LogP contribution in [-0.4, -0.2) is 35.0 Å². The van der Waals surface area contributed by atoms with Crippen LogP contribution >= 0.6 is 22.7 Å². The zero-order chi connectivity index (χ0) is 14.5. The molecule has 2 aromatic rings. The summed E-state index contributed by atoms with van der Waals surface area (Å²) in [6.07, 6.45) is 0.352. The topological polar surface area (TPSA) is 107 Å². The highest BCUT2D eigenvalue weighted by atomic mass is 32.1. The number of nitrogens with zero attached hydrogens (tertiary/aromatic N) is 2. The fraction of sp³-hybridized carbons (Fsp3) is 0.273. The van der Waals surface area contributed by atoms with Gasteiger partial charge in [0.2, 0.25) is 5.91 Å². The van der Waals surface area contributed by atoms with E-state index in [1.807, 2.05) is 5.38 Å². The standard InChI is InChI=1S/C11H12N4O3S2/c1-18-10(17)8-4-20-11(14-8)15-9(16)7(12)2-6-3-19-5-13-6/h3-5,7H,2,12H2,1H3,(H,14,15,16). The van der Waals surface area contributed by atoms with Crippen molar-refractivity contribution in [3.05, 3.63) is 27.7 Å². The number of esters is 1. The van der Waals surface area contributed by atoms with Crippen LogP contribution in [-0.2, 0) is 16.0 Å². The van der Waals surface area contributed by atoms with Gasteiger partial charge in [-0.25, -0.2) is 14.8 Å². The van der Waals surface area contributed by atoms with Gasteiger partial charge in [-0.3, -0.25) is 4.79 Å². The minimum Gasteiger partial charge on any atom is -0.464 e. The second-order valence-electron chi connectivity index (χ2n) is 3.81. The fourth-order valence-corrected chi connectivity index (χ4v) is 2.64. The molecule has 20 heavy (non-hydrogen) atoms. The van der Waals surface area contributed by atoms with Gasteiger partial charge in [-0.15, -0.1) is 22.7 Å². The molecular formula is C11H12N4O3S2. The molecule has 0 aliphatic rings. The number of carbonyl (C=O) groups excluding carboxylic acids is 2. The molecule has 2 aromatic heterocycles. The molecule has 0 radical (unpaired) electrons. The van der Waals surface area contributed by atoms with E-state index in [0.29, 0.717) is 11.6 Å². The number of methoxy groups -OCH3 is 1. The summed E-state index contributed by atoms with van der Waals surface area (Å²) in [5, 5.41) is 6.22. The van der Waals surface area contributed by atoms with Gasteiger partial charge in [0.1, 0.15) is 0 Å². The molecule has 1 unspecified atom stereocenters. The molecule has 0 saturated carbocycles. The van der Waals surface area contributed by atoms with E-state index in [0.717, 1.165) is 17.0 Å². The smallest absolute Gasteiger partial charge is 0.357 e. The lowest BCUT2D eigenvalue weighted by atomic mass is 10.2. The van der Waals surface area contributed by atoms with E-state index in [9.17, 15) is 9.59 Å². The van der Waals surface area contributed by atoms with Crippen molar-refractivity contribution in [3.8, 4) is 0 Å². The Balaban J connectivity index is 1.93. The molecule has 1 atom stereocenters. The largest absolute Gasteiger partial charge is 0.464 e. The SMILES string of the molecule is COC(=O)c1csc(NC(=O)C(N)Cc2cscn2)n1. The number of nitrogens with one attached hydrogen (secondary N) is 1. The lowest BCUT2D eigenvalue weighted by Crippen LogP contribution is -2.37. The Morgan fingerprint density at radius 1 is 1.50 bits per heavy atom. The molecule has 9 heteroatoms. The van der Waals surface area contributed by atoms with E-state index in [1.165, 1.54) is 23.8 Å². The van der Waals surface area contributed by atoms with Crippen LogP contribution in [0, 0.1) is 0 Å². The van der Waals surface area contributed by atoms with Gasteiger partial charge < -0.3 is 15.8 Å². The molecule has 106 valence electrons. The quantitative estimate of drug-likeness (QED) is 0.794. The average Bonchev–Trinajstić information content (AvgIpc) is 3.09. The van der Waals surface area contributed by atoms with Gasteiger partial charge in [0.05, 0.1) is 24.4 Å². The zero-order valence-corrected chi connectivity index (χ0v) is 12.2. The molecule has 3 N–H and O–H groups in total. The van der Waals surface area contributed by atoms with E-state index in [2.05, 4.69) is 20.0 Å². The summed E-state index contributed by atoms with van der Waals surface area (Å²) in [4.78, 5) is 31.1. The van der Waals surface area contributed by atoms with Crippen LogP contribution in [0.3, 0.4) is 0 Å². The maximum absolute atomic E-state index is 11.9. The van der Waals surface area contributed by atoms with Gasteiger partial charge >= 0.3 is 5.97 Å². The second kappa shape index (κ2) is 6.55. The van der Waals surface area contributed by atoms with Crippen LogP contribution in [0.2, 0.25) is 0 Å². The number of carbonyl (C=O) groups is 2. The van der Waals surface area contributed by atoms with Crippen LogP contribution < -0.4 is 11.1 Å². The van der Waals surface area contributed by atoms with Crippen molar-refractivity contribution in [1.29, 1.82) is 0 Å². The Bertz CT molecular complexity index is 597. The minimum atomic E-state index is -0.720. The molecule has 0 aliphatic heterocycles. The minimum absolute atomic E-state index is 0.154. The highest BCUT2D eigenvalue weighted by molar-refractivity contribution is 7.14. The number of hydrogen-bond acceptors (Lipinski definition) is 8. The van der Waals surface area contributed by atoms with E-state index >= 15 is 0 Å². The van der Waals surface area contributed by atoms with Crippen molar-refractivity contribution in [2.45, 2.75) is 12.5 Å². The number of anilines is 1. The first-order valence-corrected chi connectivity index (χ1v) is 7.39. The molecule has 0 spiro atoms. The highest BCUT2D eigenvalue weighted by Crippen LogP contribution is 2.16. The Kier molecular flexibility index (Phi) is 4.77. The predicted octanol–water partition coefficient (Wildman–Crippen LogP) is 0.895. The maximum Gasteiger partial charge on any atom is 0.357 e. The summed E-state index contributed by atoms with van der Waals surface area (Å²) in [6.45, 7) is 0. The summed E-state index contributed by atoms with van der Waals surface area (Å²) < 4.78 is 4.53. The second-order valence-corrected chi connectivity index (χ2v) is 5.39. The molecule has 2 heterocycles. The number of aromatic nitrogens is 2.